The molecular weight excluding hydrogens is 983 g/mol. The molecule has 418 valence electrons. The molecule has 0 spiro atoms. The van der Waals surface area contributed by atoms with Gasteiger partial charge in [-0.05, 0) is 107 Å². The number of fused-ring (bicyclic) bond motifs is 2. The number of rotatable bonds is 35. The van der Waals surface area contributed by atoms with Crippen LogP contribution in [0.2, 0.25) is 0 Å². The molecule has 0 saturated carbocycles. The molecule has 0 aliphatic rings. The van der Waals surface area contributed by atoms with Crippen molar-refractivity contribution in [2.45, 2.75) is 139 Å². The Morgan fingerprint density at radius 1 is 0.474 bits per heavy atom. The largest absolute Gasteiger partial charge is 0.480 e. The molecule has 0 bridgehead atoms. The Balaban J connectivity index is 1.56. The van der Waals surface area contributed by atoms with E-state index in [1.54, 1.807) is 18.5 Å². The van der Waals surface area contributed by atoms with Crippen LogP contribution in [-0.4, -0.2) is 154 Å². The molecule has 2 aromatic carbocycles. The number of aromatic nitrogens is 2. The average Bonchev–Trinajstić information content (AvgIpc) is 4.01. The van der Waals surface area contributed by atoms with Gasteiger partial charge in [0.1, 0.15) is 42.3 Å². The monoisotopic (exact) mass is 1060 g/mol. The van der Waals surface area contributed by atoms with Gasteiger partial charge in [-0.1, -0.05) is 56.7 Å². The van der Waals surface area contributed by atoms with E-state index >= 15 is 0 Å². The number of amides is 7. The molecule has 0 unspecified atom stereocenters. The van der Waals surface area contributed by atoms with E-state index in [4.69, 9.17) is 22.9 Å². The van der Waals surface area contributed by atoms with Crippen LogP contribution >= 0.6 is 0 Å². The fraction of sp³-hybridized carbons (Fsp3) is 0.538. The first-order chi connectivity index (χ1) is 36.4. The number of unbranched alkanes of at least 4 members (excludes halogenated alkanes) is 3. The van der Waals surface area contributed by atoms with E-state index in [1.807, 2.05) is 56.3 Å². The molecule has 24 heteroatoms. The third-order valence-corrected chi connectivity index (χ3v) is 12.9. The summed E-state index contributed by atoms with van der Waals surface area (Å²) in [5, 5.41) is 50.3. The van der Waals surface area contributed by atoms with Gasteiger partial charge in [-0.3, -0.25) is 33.6 Å². The van der Waals surface area contributed by atoms with Crippen LogP contribution < -0.4 is 60.2 Å². The molecular formula is C52H79N13O11. The predicted molar refractivity (Wildman–Crippen MR) is 285 cm³/mol. The number of para-hydroxylation sites is 2. The van der Waals surface area contributed by atoms with Gasteiger partial charge < -0.3 is 85.4 Å². The number of aromatic amines is 2. The molecule has 0 aliphatic carbocycles. The summed E-state index contributed by atoms with van der Waals surface area (Å²) in [7, 11) is 0. The SMILES string of the molecule is CC(C)C[C@H](NC(=O)[C@@H](Cc1c[nH]c2ccccc12)NC(=O)[C@H](CCCCN)NC(=O)[C@@H](CO)NC(=O)[C@H](CCCCN)NC(=O)[C@@H](CO)NC(=O)[C@@H](N)CCCCN)C(=O)N[C@H](Cc1c[nH]c2ccccc12)C(=O)O. The molecule has 2 heterocycles. The summed E-state index contributed by atoms with van der Waals surface area (Å²) < 4.78 is 0. The van der Waals surface area contributed by atoms with E-state index < -0.39 is 109 Å². The number of carbonyl (C=O) groups is 8. The Kier molecular flexibility index (Phi) is 25.8. The molecule has 2 aromatic heterocycles. The number of carbonyl (C=O) groups excluding carboxylic acids is 7. The third kappa shape index (κ3) is 19.0. The van der Waals surface area contributed by atoms with Crippen molar-refractivity contribution in [1.29, 1.82) is 0 Å². The third-order valence-electron chi connectivity index (χ3n) is 12.9. The minimum atomic E-state index is -1.67. The van der Waals surface area contributed by atoms with Crippen LogP contribution in [-0.2, 0) is 51.2 Å². The standard InChI is InChI=1S/C52H79N13O11/c1-30(2)23-40(48(71)63-42(52(75)76)25-32-27-58-37-17-6-4-14-34(32)37)61-49(72)41(24-31-26-57-36-16-5-3-13-33(31)36)62-46(69)38(18-8-11-21-54)59-51(74)44(29-67)65-47(70)39(19-9-12-22-55)60-50(73)43(28-66)64-45(68)35(56)15-7-10-20-53/h3-6,13-14,16-17,26-27,30,35,38-44,57-58,66-67H,7-12,15,18-25,28-29,53-56H2,1-2H3,(H,59,74)(H,60,73)(H,61,72)(H,62,69)(H,63,71)(H,64,68)(H,65,70)(H,75,76)/t35-,38-,39-,40-,41+,42+,43+,44+/m0/s1. The van der Waals surface area contributed by atoms with Gasteiger partial charge in [0.25, 0.3) is 0 Å². The minimum absolute atomic E-state index is 0.00358. The van der Waals surface area contributed by atoms with Gasteiger partial charge in [0.2, 0.25) is 41.4 Å². The molecule has 4 aromatic rings. The molecule has 0 radical (unpaired) electrons. The molecule has 0 aliphatic heterocycles. The summed E-state index contributed by atoms with van der Waals surface area (Å²) in [5.41, 5.74) is 25.8. The number of aliphatic hydroxyl groups is 2. The number of carboxylic acids is 1. The van der Waals surface area contributed by atoms with Crippen LogP contribution in [0.5, 0.6) is 0 Å². The summed E-state index contributed by atoms with van der Waals surface area (Å²) in [4.78, 5) is 116. The number of carboxylic acid groups (broad SMARTS) is 1. The van der Waals surface area contributed by atoms with Crippen LogP contribution in [0.3, 0.4) is 0 Å². The van der Waals surface area contributed by atoms with Crippen molar-refractivity contribution in [3.05, 3.63) is 72.1 Å². The van der Waals surface area contributed by atoms with Crippen LogP contribution in [0.1, 0.15) is 89.2 Å². The van der Waals surface area contributed by atoms with E-state index in [0.717, 1.165) is 21.8 Å². The van der Waals surface area contributed by atoms with Crippen LogP contribution in [0.4, 0.5) is 0 Å². The highest BCUT2D eigenvalue weighted by atomic mass is 16.4. The van der Waals surface area contributed by atoms with Gasteiger partial charge in [0.15, 0.2) is 0 Å². The summed E-state index contributed by atoms with van der Waals surface area (Å²) in [6.07, 6.45) is 6.29. The Bertz CT molecular complexity index is 2530. The van der Waals surface area contributed by atoms with Gasteiger partial charge in [0, 0.05) is 47.0 Å². The lowest BCUT2D eigenvalue weighted by molar-refractivity contribution is -0.142. The van der Waals surface area contributed by atoms with Crippen molar-refractivity contribution in [3.8, 4) is 0 Å². The summed E-state index contributed by atoms with van der Waals surface area (Å²) in [6, 6.07) is 3.75. The number of aliphatic carboxylic acids is 1. The molecule has 8 atom stereocenters. The van der Waals surface area contributed by atoms with Crippen molar-refractivity contribution in [2.75, 3.05) is 32.8 Å². The Hall–Kier alpha value is -6.96. The number of H-pyrrole nitrogens is 2. The highest BCUT2D eigenvalue weighted by Crippen LogP contribution is 2.21. The Morgan fingerprint density at radius 2 is 0.829 bits per heavy atom. The van der Waals surface area contributed by atoms with Gasteiger partial charge >= 0.3 is 5.97 Å². The Labute approximate surface area is 441 Å². The van der Waals surface area contributed by atoms with Gasteiger partial charge in [-0.15, -0.1) is 0 Å². The fourth-order valence-electron chi connectivity index (χ4n) is 8.62. The maximum Gasteiger partial charge on any atom is 0.326 e. The zero-order valence-electron chi connectivity index (χ0n) is 43.4. The highest BCUT2D eigenvalue weighted by Gasteiger charge is 2.35. The molecule has 24 nitrogen and oxygen atoms in total. The van der Waals surface area contributed by atoms with Crippen LogP contribution in [0.15, 0.2) is 60.9 Å². The van der Waals surface area contributed by atoms with Crippen LogP contribution in [0, 0.1) is 5.92 Å². The van der Waals surface area contributed by atoms with Gasteiger partial charge in [-0.25, -0.2) is 4.79 Å². The maximum absolute atomic E-state index is 14.6. The summed E-state index contributed by atoms with van der Waals surface area (Å²) in [5.74, 6) is -7.36. The van der Waals surface area contributed by atoms with Crippen molar-refractivity contribution in [2.24, 2.45) is 28.9 Å². The van der Waals surface area contributed by atoms with Gasteiger partial charge in [-0.2, -0.15) is 0 Å². The number of benzene rings is 2. The first-order valence-corrected chi connectivity index (χ1v) is 26.0. The highest BCUT2D eigenvalue weighted by molar-refractivity contribution is 5.98. The summed E-state index contributed by atoms with van der Waals surface area (Å²) in [6.45, 7) is 2.76. The second kappa shape index (κ2) is 31.8. The lowest BCUT2D eigenvalue weighted by Gasteiger charge is -2.28. The first-order valence-electron chi connectivity index (χ1n) is 26.0. The minimum Gasteiger partial charge on any atom is -0.480 e. The van der Waals surface area contributed by atoms with Crippen molar-refractivity contribution in [1.82, 2.24) is 47.2 Å². The Morgan fingerprint density at radius 3 is 1.28 bits per heavy atom. The zero-order chi connectivity index (χ0) is 55.7. The molecule has 0 fully saturated rings. The fourth-order valence-corrected chi connectivity index (χ4v) is 8.62. The molecule has 4 rings (SSSR count). The van der Waals surface area contributed by atoms with E-state index in [-0.39, 0.29) is 57.5 Å². The molecule has 20 N–H and O–H groups in total. The van der Waals surface area contributed by atoms with E-state index in [1.165, 1.54) is 0 Å². The van der Waals surface area contributed by atoms with Crippen molar-refractivity contribution in [3.63, 3.8) is 0 Å². The average molecular weight is 1060 g/mol. The summed E-state index contributed by atoms with van der Waals surface area (Å²) >= 11 is 0. The second-order valence-corrected chi connectivity index (χ2v) is 19.3. The smallest absolute Gasteiger partial charge is 0.326 e. The van der Waals surface area contributed by atoms with E-state index in [2.05, 4.69) is 47.2 Å². The van der Waals surface area contributed by atoms with Crippen molar-refractivity contribution < 1.29 is 53.7 Å². The number of nitrogens with two attached hydrogens (primary N) is 4. The van der Waals surface area contributed by atoms with E-state index in [0.29, 0.717) is 56.2 Å². The zero-order valence-corrected chi connectivity index (χ0v) is 43.4. The number of hydrogen-bond donors (Lipinski definition) is 16. The van der Waals surface area contributed by atoms with Crippen LogP contribution in [0.25, 0.3) is 21.8 Å². The number of nitrogens with one attached hydrogen (secondary N) is 9. The van der Waals surface area contributed by atoms with E-state index in [9.17, 15) is 53.7 Å². The molecule has 76 heavy (non-hydrogen) atoms. The second-order valence-electron chi connectivity index (χ2n) is 19.3. The quantitative estimate of drug-likeness (QED) is 0.0237. The lowest BCUT2D eigenvalue weighted by atomic mass is 9.99. The number of aliphatic hydroxyl groups excluding tert-OH is 2. The number of hydrogen-bond acceptors (Lipinski definition) is 14. The first kappa shape index (κ1) is 61.6. The topological polar surface area (TPSA) is 417 Å². The molecule has 7 amide bonds. The van der Waals surface area contributed by atoms with Gasteiger partial charge in [0.05, 0.1) is 19.3 Å². The normalized spacial score (nSPS) is 14.6. The van der Waals surface area contributed by atoms with Crippen molar-refractivity contribution >= 4 is 69.1 Å². The predicted octanol–water partition coefficient (Wildman–Crippen LogP) is -1.34. The maximum atomic E-state index is 14.6. The molecule has 0 saturated heterocycles. The lowest BCUT2D eigenvalue weighted by Crippen LogP contribution is -2.61.